The van der Waals surface area contributed by atoms with Gasteiger partial charge in [0.1, 0.15) is 0 Å². The van der Waals surface area contributed by atoms with Crippen molar-refractivity contribution in [3.8, 4) is 11.3 Å². The van der Waals surface area contributed by atoms with Crippen LogP contribution in [-0.4, -0.2) is 27.1 Å². The summed E-state index contributed by atoms with van der Waals surface area (Å²) < 4.78 is 1.82. The summed E-state index contributed by atoms with van der Waals surface area (Å²) in [7, 11) is 0. The topological polar surface area (TPSA) is 93.1 Å². The van der Waals surface area contributed by atoms with Crippen LogP contribution in [0.2, 0.25) is 0 Å². The average Bonchev–Trinajstić information content (AvgIpc) is 3.01. The highest BCUT2D eigenvalue weighted by Gasteiger charge is 2.43. The van der Waals surface area contributed by atoms with Gasteiger partial charge in [0, 0.05) is 35.8 Å². The lowest BCUT2D eigenvalue weighted by Gasteiger charge is -2.42. The number of nitrogens with one attached hydrogen (secondary N) is 2. The number of benzene rings is 3. The van der Waals surface area contributed by atoms with Crippen LogP contribution >= 0.6 is 11.8 Å². The van der Waals surface area contributed by atoms with Gasteiger partial charge in [-0.25, -0.2) is 4.98 Å². The third-order valence-electron chi connectivity index (χ3n) is 8.56. The number of aryl methyl sites for hydroxylation is 1. The molecule has 43 heavy (non-hydrogen) atoms. The number of fused-ring (bicyclic) bond motifs is 4. The Balaban J connectivity index is 1.33. The smallest absolute Gasteiger partial charge is 0.258 e. The zero-order valence-electron chi connectivity index (χ0n) is 24.4. The van der Waals surface area contributed by atoms with Gasteiger partial charge in [-0.15, -0.1) is 0 Å². The first-order valence-electron chi connectivity index (χ1n) is 15.0. The molecule has 0 atom stereocenters. The molecule has 1 fully saturated rings. The van der Waals surface area contributed by atoms with E-state index in [4.69, 9.17) is 4.98 Å². The molecule has 3 aromatic carbocycles. The summed E-state index contributed by atoms with van der Waals surface area (Å²) in [5.74, 6) is -0.236. The number of thioether (sulfide) groups is 1. The SMILES string of the molecule is CC(=O)Nc1ccc(NC(=O)CSc2nc3c(c(=O)n2CCc2ccccc2)C2(CCCCC2)Cc2ccccc2-3)cc1. The van der Waals surface area contributed by atoms with Gasteiger partial charge in [-0.05, 0) is 61.1 Å². The summed E-state index contributed by atoms with van der Waals surface area (Å²) in [6, 6.07) is 25.5. The zero-order valence-corrected chi connectivity index (χ0v) is 25.2. The third kappa shape index (κ3) is 6.30. The van der Waals surface area contributed by atoms with E-state index in [1.165, 1.54) is 30.7 Å². The number of carbonyl (C=O) groups excluding carboxylic acids is 2. The fourth-order valence-electron chi connectivity index (χ4n) is 6.58. The summed E-state index contributed by atoms with van der Waals surface area (Å²) in [6.07, 6.45) is 7.01. The highest BCUT2D eigenvalue weighted by Crippen LogP contribution is 2.48. The van der Waals surface area contributed by atoms with Crippen molar-refractivity contribution in [3.05, 3.63) is 106 Å². The second kappa shape index (κ2) is 12.6. The molecule has 8 heteroatoms. The normalized spacial score (nSPS) is 14.9. The van der Waals surface area contributed by atoms with Crippen LogP contribution in [0.4, 0.5) is 11.4 Å². The predicted octanol–water partition coefficient (Wildman–Crippen LogP) is 6.60. The van der Waals surface area contributed by atoms with Gasteiger partial charge in [-0.1, -0.05) is 85.6 Å². The van der Waals surface area contributed by atoms with Crippen LogP contribution < -0.4 is 16.2 Å². The lowest BCUT2D eigenvalue weighted by atomic mass is 9.62. The number of rotatable bonds is 8. The van der Waals surface area contributed by atoms with Crippen molar-refractivity contribution in [1.29, 1.82) is 0 Å². The minimum Gasteiger partial charge on any atom is -0.326 e. The number of amides is 2. The van der Waals surface area contributed by atoms with Gasteiger partial charge in [-0.2, -0.15) is 0 Å². The largest absolute Gasteiger partial charge is 0.326 e. The third-order valence-corrected chi connectivity index (χ3v) is 9.54. The van der Waals surface area contributed by atoms with Gasteiger partial charge in [0.25, 0.3) is 5.56 Å². The molecular weight excluding hydrogens is 556 g/mol. The molecule has 2 aliphatic rings. The Kier molecular flexibility index (Phi) is 8.47. The van der Waals surface area contributed by atoms with Gasteiger partial charge < -0.3 is 10.6 Å². The summed E-state index contributed by atoms with van der Waals surface area (Å²) in [5.41, 5.74) is 6.24. The Morgan fingerprint density at radius 1 is 0.884 bits per heavy atom. The van der Waals surface area contributed by atoms with Crippen LogP contribution in [0.25, 0.3) is 11.3 Å². The standard InChI is InChI=1S/C35H36N4O3S/c1-24(40)36-27-14-16-28(17-15-27)37-30(41)23-43-34-38-32-29-13-7-6-12-26(29)22-35(19-8-3-9-20-35)31(32)33(42)39(34)21-18-25-10-4-2-5-11-25/h2,4-7,10-17H,3,8-9,18-23H2,1H3,(H,36,40)(H,37,41). The van der Waals surface area contributed by atoms with Crippen LogP contribution in [0.5, 0.6) is 0 Å². The fraction of sp³-hybridized carbons (Fsp3) is 0.314. The molecule has 1 aromatic heterocycles. The number of aromatic nitrogens is 2. The van der Waals surface area contributed by atoms with Crippen molar-refractivity contribution in [2.75, 3.05) is 16.4 Å². The maximum atomic E-state index is 14.6. The quantitative estimate of drug-likeness (QED) is 0.178. The second-order valence-corrected chi connectivity index (χ2v) is 12.5. The van der Waals surface area contributed by atoms with E-state index in [0.29, 0.717) is 29.5 Å². The number of hydrogen-bond acceptors (Lipinski definition) is 5. The first kappa shape index (κ1) is 28.9. The molecule has 1 spiro atoms. The molecule has 6 rings (SSSR count). The summed E-state index contributed by atoms with van der Waals surface area (Å²) in [5, 5.41) is 6.21. The van der Waals surface area contributed by atoms with Crippen molar-refractivity contribution in [2.24, 2.45) is 0 Å². The minimum absolute atomic E-state index is 0.0359. The van der Waals surface area contributed by atoms with Crippen molar-refractivity contribution in [2.45, 2.75) is 69.0 Å². The second-order valence-electron chi connectivity index (χ2n) is 11.6. The van der Waals surface area contributed by atoms with Crippen molar-refractivity contribution in [3.63, 3.8) is 0 Å². The maximum absolute atomic E-state index is 14.6. The van der Waals surface area contributed by atoms with Crippen LogP contribution in [-0.2, 0) is 34.4 Å². The van der Waals surface area contributed by atoms with Crippen LogP contribution in [0.1, 0.15) is 55.7 Å². The molecule has 1 saturated carbocycles. The lowest BCUT2D eigenvalue weighted by Crippen LogP contribution is -2.43. The molecule has 0 bridgehead atoms. The Labute approximate surface area is 256 Å². The van der Waals surface area contributed by atoms with Gasteiger partial charge in [0.2, 0.25) is 11.8 Å². The number of anilines is 2. The number of hydrogen-bond donors (Lipinski definition) is 2. The molecule has 2 N–H and O–H groups in total. The fourth-order valence-corrected chi connectivity index (χ4v) is 7.40. The Hall–Kier alpha value is -4.17. The molecular formula is C35H36N4O3S. The van der Waals surface area contributed by atoms with Crippen LogP contribution in [0.3, 0.4) is 0 Å². The number of nitrogens with zero attached hydrogens (tertiary/aromatic N) is 2. The molecule has 2 aliphatic carbocycles. The highest BCUT2D eigenvalue weighted by molar-refractivity contribution is 7.99. The predicted molar refractivity (Wildman–Crippen MR) is 173 cm³/mol. The van der Waals surface area contributed by atoms with E-state index < -0.39 is 0 Å². The summed E-state index contributed by atoms with van der Waals surface area (Å²) in [4.78, 5) is 44.1. The Bertz CT molecular complexity index is 1690. The van der Waals surface area contributed by atoms with Gasteiger partial charge >= 0.3 is 0 Å². The van der Waals surface area contributed by atoms with Crippen LogP contribution in [0.15, 0.2) is 88.8 Å². The summed E-state index contributed by atoms with van der Waals surface area (Å²) in [6.45, 7) is 1.95. The van der Waals surface area contributed by atoms with Gasteiger partial charge in [0.15, 0.2) is 5.16 Å². The number of carbonyl (C=O) groups is 2. The first-order valence-corrected chi connectivity index (χ1v) is 16.0. The molecule has 0 unspecified atom stereocenters. The minimum atomic E-state index is -0.192. The van der Waals surface area contributed by atoms with Crippen molar-refractivity contribution >= 4 is 35.0 Å². The monoisotopic (exact) mass is 592 g/mol. The van der Waals surface area contributed by atoms with E-state index in [-0.39, 0.29) is 28.5 Å². The molecule has 0 saturated heterocycles. The van der Waals surface area contributed by atoms with E-state index in [1.54, 1.807) is 24.3 Å². The molecule has 220 valence electrons. The van der Waals surface area contributed by atoms with E-state index in [2.05, 4.69) is 41.0 Å². The van der Waals surface area contributed by atoms with E-state index in [0.717, 1.165) is 54.5 Å². The average molecular weight is 593 g/mol. The molecule has 0 aliphatic heterocycles. The summed E-state index contributed by atoms with van der Waals surface area (Å²) >= 11 is 1.30. The zero-order chi connectivity index (χ0) is 29.8. The van der Waals surface area contributed by atoms with E-state index in [1.807, 2.05) is 28.8 Å². The Morgan fingerprint density at radius 2 is 1.56 bits per heavy atom. The van der Waals surface area contributed by atoms with E-state index in [9.17, 15) is 14.4 Å². The van der Waals surface area contributed by atoms with Crippen molar-refractivity contribution < 1.29 is 9.59 Å². The Morgan fingerprint density at radius 3 is 2.28 bits per heavy atom. The molecule has 2 amide bonds. The highest BCUT2D eigenvalue weighted by atomic mass is 32.2. The maximum Gasteiger partial charge on any atom is 0.258 e. The first-order chi connectivity index (χ1) is 20.9. The molecule has 0 radical (unpaired) electrons. The van der Waals surface area contributed by atoms with Gasteiger partial charge in [-0.3, -0.25) is 19.0 Å². The molecule has 7 nitrogen and oxygen atoms in total. The van der Waals surface area contributed by atoms with Gasteiger partial charge in [0.05, 0.1) is 17.0 Å². The molecule has 4 aromatic rings. The molecule has 1 heterocycles. The van der Waals surface area contributed by atoms with Crippen LogP contribution in [0, 0.1) is 0 Å². The lowest BCUT2D eigenvalue weighted by molar-refractivity contribution is -0.114. The van der Waals surface area contributed by atoms with Crippen molar-refractivity contribution in [1.82, 2.24) is 9.55 Å². The van der Waals surface area contributed by atoms with E-state index >= 15 is 0 Å².